The third-order valence-electron chi connectivity index (χ3n) is 5.20. The summed E-state index contributed by atoms with van der Waals surface area (Å²) in [4.78, 5) is 25.3. The predicted octanol–water partition coefficient (Wildman–Crippen LogP) is 2.89. The molecule has 0 amide bonds. The molecule has 0 spiro atoms. The van der Waals surface area contributed by atoms with E-state index in [4.69, 9.17) is 11.6 Å². The van der Waals surface area contributed by atoms with Gasteiger partial charge < -0.3 is 19.7 Å². The molecule has 1 aliphatic heterocycles. The second kappa shape index (κ2) is 9.28. The number of rotatable bonds is 5. The van der Waals surface area contributed by atoms with Crippen LogP contribution in [0.25, 0.3) is 0 Å². The fourth-order valence-corrected chi connectivity index (χ4v) is 3.95. The Morgan fingerprint density at radius 1 is 0.909 bits per heavy atom. The molecule has 33 heavy (non-hydrogen) atoms. The van der Waals surface area contributed by atoms with E-state index in [1.807, 2.05) is 0 Å². The molecule has 1 unspecified atom stereocenters. The van der Waals surface area contributed by atoms with Gasteiger partial charge in [0.1, 0.15) is 11.8 Å². The molecule has 1 heterocycles. The number of hydrogen-bond acceptors (Lipinski definition) is 7. The largest absolute Gasteiger partial charge is 0.466 e. The first-order valence-corrected chi connectivity index (χ1v) is 9.89. The van der Waals surface area contributed by atoms with Crippen molar-refractivity contribution in [2.75, 3.05) is 13.2 Å². The molecular weight excluding hydrogens is 488 g/mol. The van der Waals surface area contributed by atoms with Crippen molar-refractivity contribution in [2.45, 2.75) is 43.6 Å². The maximum absolute atomic E-state index is 14.0. The number of carbonyl (C=O) groups is 2. The van der Waals surface area contributed by atoms with Gasteiger partial charge in [-0.3, -0.25) is 9.59 Å². The number of nitrogens with one attached hydrogen (secondary N) is 1. The number of aliphatic hydroxyl groups is 2. The van der Waals surface area contributed by atoms with Crippen molar-refractivity contribution in [3.63, 3.8) is 0 Å². The Bertz CT molecular complexity index is 831. The highest BCUT2D eigenvalue weighted by Gasteiger charge is 2.78. The van der Waals surface area contributed by atoms with E-state index >= 15 is 0 Å². The van der Waals surface area contributed by atoms with E-state index in [1.165, 1.54) is 13.8 Å². The van der Waals surface area contributed by atoms with Crippen molar-refractivity contribution in [3.05, 3.63) is 34.9 Å². The SMILES string of the molecule is CCOC(=O)[C@@H]1C(c2ccc(Cl)cc2)[C@@H](C(=O)OCC)[C@](O)(C(F)(F)F)N[C@]1(O)C(F)(F)F. The quantitative estimate of drug-likeness (QED) is 0.416. The van der Waals surface area contributed by atoms with Crippen LogP contribution in [0, 0.1) is 11.8 Å². The summed E-state index contributed by atoms with van der Waals surface area (Å²) in [6.07, 6.45) is -11.9. The molecule has 0 saturated carbocycles. The molecule has 0 radical (unpaired) electrons. The third kappa shape index (κ3) is 4.77. The number of hydrogen-bond donors (Lipinski definition) is 3. The first kappa shape index (κ1) is 27.2. The van der Waals surface area contributed by atoms with Crippen LogP contribution in [-0.2, 0) is 19.1 Å². The highest BCUT2D eigenvalue weighted by Crippen LogP contribution is 2.55. The van der Waals surface area contributed by atoms with Crippen LogP contribution in [0.1, 0.15) is 25.3 Å². The average molecular weight is 508 g/mol. The molecule has 0 bridgehead atoms. The summed E-state index contributed by atoms with van der Waals surface area (Å²) >= 11 is 5.75. The second-order valence-electron chi connectivity index (χ2n) is 7.19. The molecule has 0 aliphatic carbocycles. The molecule has 2 rings (SSSR count). The van der Waals surface area contributed by atoms with E-state index in [2.05, 4.69) is 9.47 Å². The van der Waals surface area contributed by atoms with Gasteiger partial charge in [0.2, 0.25) is 11.4 Å². The predicted molar refractivity (Wildman–Crippen MR) is 99.6 cm³/mol. The van der Waals surface area contributed by atoms with Crippen LogP contribution in [-0.4, -0.2) is 59.2 Å². The number of benzene rings is 1. The molecular formula is C19H20ClF6NO6. The van der Waals surface area contributed by atoms with Gasteiger partial charge in [-0.15, -0.1) is 0 Å². The van der Waals surface area contributed by atoms with Gasteiger partial charge in [-0.1, -0.05) is 23.7 Å². The number of piperidine rings is 1. The van der Waals surface area contributed by atoms with E-state index in [0.29, 0.717) is 5.32 Å². The first-order chi connectivity index (χ1) is 15.0. The van der Waals surface area contributed by atoms with Crippen molar-refractivity contribution in [2.24, 2.45) is 11.8 Å². The highest BCUT2D eigenvalue weighted by molar-refractivity contribution is 6.30. The van der Waals surface area contributed by atoms with Crippen molar-refractivity contribution in [3.8, 4) is 0 Å². The zero-order chi connectivity index (χ0) is 25.4. The Morgan fingerprint density at radius 3 is 1.58 bits per heavy atom. The first-order valence-electron chi connectivity index (χ1n) is 9.51. The van der Waals surface area contributed by atoms with Gasteiger partial charge in [-0.2, -0.15) is 26.3 Å². The van der Waals surface area contributed by atoms with Gasteiger partial charge in [0.05, 0.1) is 13.2 Å². The number of halogens is 7. The lowest BCUT2D eigenvalue weighted by Gasteiger charge is -2.54. The molecule has 1 aliphatic rings. The van der Waals surface area contributed by atoms with Crippen LogP contribution in [0.4, 0.5) is 26.3 Å². The highest BCUT2D eigenvalue weighted by atomic mass is 35.5. The summed E-state index contributed by atoms with van der Waals surface area (Å²) < 4.78 is 93.2. The van der Waals surface area contributed by atoms with E-state index in [1.54, 1.807) is 0 Å². The molecule has 0 aromatic heterocycles. The van der Waals surface area contributed by atoms with E-state index < -0.39 is 72.3 Å². The van der Waals surface area contributed by atoms with Crippen LogP contribution >= 0.6 is 11.6 Å². The topological polar surface area (TPSA) is 105 Å². The van der Waals surface area contributed by atoms with Crippen molar-refractivity contribution in [1.29, 1.82) is 0 Å². The number of esters is 2. The maximum Gasteiger partial charge on any atom is 0.432 e. The fraction of sp³-hybridized carbons (Fsp3) is 0.579. The summed E-state index contributed by atoms with van der Waals surface area (Å²) in [6.45, 7) is 1.44. The summed E-state index contributed by atoms with van der Waals surface area (Å²) in [5, 5.41) is 21.8. The molecule has 1 aromatic carbocycles. The van der Waals surface area contributed by atoms with Crippen LogP contribution in [0.5, 0.6) is 0 Å². The minimum Gasteiger partial charge on any atom is -0.466 e. The Balaban J connectivity index is 2.95. The van der Waals surface area contributed by atoms with Gasteiger partial charge in [0.25, 0.3) is 0 Å². The Morgan fingerprint density at radius 2 is 1.27 bits per heavy atom. The van der Waals surface area contributed by atoms with Gasteiger partial charge in [0, 0.05) is 10.9 Å². The summed E-state index contributed by atoms with van der Waals surface area (Å²) in [5.41, 5.74) is -9.75. The number of ether oxygens (including phenoxy) is 2. The fourth-order valence-electron chi connectivity index (χ4n) is 3.82. The molecule has 186 valence electrons. The zero-order valence-electron chi connectivity index (χ0n) is 17.1. The Labute approximate surface area is 188 Å². The van der Waals surface area contributed by atoms with Crippen LogP contribution in [0.3, 0.4) is 0 Å². The van der Waals surface area contributed by atoms with Gasteiger partial charge in [0.15, 0.2) is 0 Å². The zero-order valence-corrected chi connectivity index (χ0v) is 17.9. The molecule has 7 nitrogen and oxygen atoms in total. The summed E-state index contributed by atoms with van der Waals surface area (Å²) in [5.74, 6) is -11.6. The normalized spacial score (nSPS) is 30.6. The summed E-state index contributed by atoms with van der Waals surface area (Å²) in [7, 11) is 0. The summed E-state index contributed by atoms with van der Waals surface area (Å²) in [6, 6.07) is 4.10. The third-order valence-corrected chi connectivity index (χ3v) is 5.45. The molecule has 3 N–H and O–H groups in total. The Hall–Kier alpha value is -2.09. The standard InChI is InChI=1S/C19H20ClF6NO6/c1-3-32-14(28)12-11(9-5-7-10(20)8-6-9)13(15(29)33-4-2)17(31,19(24,25)26)27-16(12,30)18(21,22)23/h5-8,11-13,27,30-31H,3-4H2,1-2H3/t11?,12-,13-,16-,17+/m0/s1. The monoisotopic (exact) mass is 507 g/mol. The van der Waals surface area contributed by atoms with E-state index in [0.717, 1.165) is 24.3 Å². The molecule has 14 heteroatoms. The lowest BCUT2D eigenvalue weighted by molar-refractivity contribution is -0.376. The smallest absolute Gasteiger partial charge is 0.432 e. The van der Waals surface area contributed by atoms with Crippen molar-refractivity contribution < 1.29 is 55.6 Å². The Kier molecular flexibility index (Phi) is 7.63. The molecule has 1 fully saturated rings. The van der Waals surface area contributed by atoms with E-state index in [-0.39, 0.29) is 5.02 Å². The van der Waals surface area contributed by atoms with Gasteiger partial charge in [-0.25, -0.2) is 5.32 Å². The van der Waals surface area contributed by atoms with Gasteiger partial charge in [-0.05, 0) is 31.5 Å². The van der Waals surface area contributed by atoms with Crippen LogP contribution in [0.2, 0.25) is 5.02 Å². The lowest BCUT2D eigenvalue weighted by atomic mass is 9.64. The van der Waals surface area contributed by atoms with Crippen molar-refractivity contribution >= 4 is 23.5 Å². The second-order valence-corrected chi connectivity index (χ2v) is 7.63. The molecule has 5 atom stereocenters. The van der Waals surface area contributed by atoms with Crippen LogP contribution in [0.15, 0.2) is 24.3 Å². The maximum atomic E-state index is 14.0. The molecule has 1 saturated heterocycles. The number of carbonyl (C=O) groups excluding carboxylic acids is 2. The average Bonchev–Trinajstić information content (AvgIpc) is 2.66. The minimum absolute atomic E-state index is 0.0326. The minimum atomic E-state index is -5.94. The van der Waals surface area contributed by atoms with Crippen LogP contribution < -0.4 is 5.32 Å². The van der Waals surface area contributed by atoms with Crippen molar-refractivity contribution in [1.82, 2.24) is 5.32 Å². The van der Waals surface area contributed by atoms with Gasteiger partial charge >= 0.3 is 24.3 Å². The number of alkyl halides is 6. The lowest BCUT2D eigenvalue weighted by Crippen LogP contribution is -2.81. The molecule has 1 aromatic rings. The van der Waals surface area contributed by atoms with E-state index in [9.17, 15) is 46.1 Å².